The predicted octanol–water partition coefficient (Wildman–Crippen LogP) is 2.98. The van der Waals surface area contributed by atoms with Crippen molar-refractivity contribution in [1.29, 1.82) is 0 Å². The first-order chi connectivity index (χ1) is 11.9. The van der Waals surface area contributed by atoms with Crippen LogP contribution >= 0.6 is 11.3 Å². The number of amides is 2. The summed E-state index contributed by atoms with van der Waals surface area (Å²) in [5, 5.41) is 5.25. The smallest absolute Gasteiger partial charge is 0.348 e. The highest BCUT2D eigenvalue weighted by atomic mass is 32.1. The van der Waals surface area contributed by atoms with Crippen LogP contribution in [0, 0.1) is 12.7 Å². The molecule has 0 radical (unpaired) electrons. The average molecular weight is 364 g/mol. The molecule has 0 saturated carbocycles. The number of anilines is 1. The van der Waals surface area contributed by atoms with E-state index in [9.17, 15) is 18.8 Å². The Morgan fingerprint density at radius 3 is 2.56 bits per heavy atom. The first kappa shape index (κ1) is 18.6. The van der Waals surface area contributed by atoms with E-state index in [4.69, 9.17) is 4.74 Å². The van der Waals surface area contributed by atoms with Gasteiger partial charge >= 0.3 is 5.97 Å². The molecule has 0 spiro atoms. The largest absolute Gasteiger partial charge is 0.462 e. The minimum absolute atomic E-state index is 0.103. The van der Waals surface area contributed by atoms with Gasteiger partial charge in [0.1, 0.15) is 15.7 Å². The monoisotopic (exact) mass is 364 g/mol. The quantitative estimate of drug-likeness (QED) is 0.799. The first-order valence-corrected chi connectivity index (χ1v) is 8.30. The average Bonchev–Trinajstić information content (AvgIpc) is 2.90. The molecule has 25 heavy (non-hydrogen) atoms. The highest BCUT2D eigenvalue weighted by molar-refractivity contribution is 7.18. The van der Waals surface area contributed by atoms with Gasteiger partial charge in [-0.1, -0.05) is 6.07 Å². The van der Waals surface area contributed by atoms with Gasteiger partial charge in [0.25, 0.3) is 11.8 Å². The third-order valence-corrected chi connectivity index (χ3v) is 4.56. The molecule has 0 aliphatic heterocycles. The summed E-state index contributed by atoms with van der Waals surface area (Å²) in [6, 6.07) is 5.17. The molecule has 132 valence electrons. The normalized spacial score (nSPS) is 10.2. The summed E-state index contributed by atoms with van der Waals surface area (Å²) in [6.45, 7) is 3.47. The van der Waals surface area contributed by atoms with Crippen molar-refractivity contribution < 1.29 is 23.5 Å². The fraction of sp³-hybridized carbons (Fsp3) is 0.235. The molecule has 8 heteroatoms. The Hall–Kier alpha value is -2.74. The van der Waals surface area contributed by atoms with Crippen molar-refractivity contribution in [2.75, 3.05) is 19.0 Å². The van der Waals surface area contributed by atoms with Gasteiger partial charge in [0, 0.05) is 12.6 Å². The Kier molecular flexibility index (Phi) is 5.87. The summed E-state index contributed by atoms with van der Waals surface area (Å²) >= 11 is 0.944. The lowest BCUT2D eigenvalue weighted by Gasteiger charge is -2.06. The van der Waals surface area contributed by atoms with Crippen molar-refractivity contribution in [3.8, 4) is 0 Å². The van der Waals surface area contributed by atoms with Gasteiger partial charge in [0.05, 0.1) is 12.2 Å². The molecule has 0 fully saturated rings. The highest BCUT2D eigenvalue weighted by Gasteiger charge is 2.26. The van der Waals surface area contributed by atoms with Crippen LogP contribution in [0.25, 0.3) is 0 Å². The number of benzene rings is 1. The van der Waals surface area contributed by atoms with Crippen molar-refractivity contribution in [2.24, 2.45) is 0 Å². The molecule has 6 nitrogen and oxygen atoms in total. The van der Waals surface area contributed by atoms with Gasteiger partial charge in [-0.3, -0.25) is 9.59 Å². The van der Waals surface area contributed by atoms with Crippen LogP contribution in [0.4, 0.5) is 9.39 Å². The maximum absolute atomic E-state index is 13.3. The van der Waals surface area contributed by atoms with E-state index in [2.05, 4.69) is 10.6 Å². The molecular weight excluding hydrogens is 347 g/mol. The Balaban J connectivity index is 2.41. The van der Waals surface area contributed by atoms with Crippen LogP contribution in [0.3, 0.4) is 0 Å². The second-order valence-electron chi connectivity index (χ2n) is 5.02. The van der Waals surface area contributed by atoms with Gasteiger partial charge < -0.3 is 15.4 Å². The van der Waals surface area contributed by atoms with Gasteiger partial charge in [-0.25, -0.2) is 9.18 Å². The number of carbonyl (C=O) groups excluding carboxylic acids is 3. The van der Waals surface area contributed by atoms with Gasteiger partial charge in [-0.05, 0) is 37.6 Å². The Bertz CT molecular complexity index is 832. The van der Waals surface area contributed by atoms with E-state index in [0.29, 0.717) is 5.56 Å². The van der Waals surface area contributed by atoms with Crippen LogP contribution in [-0.2, 0) is 4.74 Å². The van der Waals surface area contributed by atoms with E-state index in [-0.39, 0.29) is 27.6 Å². The SMILES string of the molecule is CCOC(=O)c1sc(NC(=O)c2cccc(F)c2)c(C(=O)NC)c1C. The number of halogens is 1. The fourth-order valence-corrected chi connectivity index (χ4v) is 3.29. The molecule has 1 aromatic heterocycles. The molecule has 0 bridgehead atoms. The van der Waals surface area contributed by atoms with Crippen molar-refractivity contribution in [3.05, 3.63) is 51.7 Å². The van der Waals surface area contributed by atoms with Crippen molar-refractivity contribution >= 4 is 34.1 Å². The van der Waals surface area contributed by atoms with Crippen LogP contribution in [0.5, 0.6) is 0 Å². The Labute approximate surface area is 148 Å². The van der Waals surface area contributed by atoms with Gasteiger partial charge in [-0.2, -0.15) is 0 Å². The second kappa shape index (κ2) is 7.89. The lowest BCUT2D eigenvalue weighted by Crippen LogP contribution is -2.21. The zero-order chi connectivity index (χ0) is 18.6. The van der Waals surface area contributed by atoms with Crippen LogP contribution in [-0.4, -0.2) is 31.4 Å². The summed E-state index contributed by atoms with van der Waals surface area (Å²) in [4.78, 5) is 36.7. The zero-order valence-electron chi connectivity index (χ0n) is 13.9. The summed E-state index contributed by atoms with van der Waals surface area (Å²) in [7, 11) is 1.45. The Morgan fingerprint density at radius 2 is 1.96 bits per heavy atom. The molecule has 2 aromatic rings. The summed E-state index contributed by atoms with van der Waals surface area (Å²) < 4.78 is 18.3. The fourth-order valence-electron chi connectivity index (χ4n) is 2.20. The Morgan fingerprint density at radius 1 is 1.24 bits per heavy atom. The second-order valence-corrected chi connectivity index (χ2v) is 6.04. The molecular formula is C17H17FN2O4S. The van der Waals surface area contributed by atoms with Gasteiger partial charge in [-0.15, -0.1) is 11.3 Å². The van der Waals surface area contributed by atoms with Crippen LogP contribution in [0.15, 0.2) is 24.3 Å². The number of carbonyl (C=O) groups is 3. The number of hydrogen-bond donors (Lipinski definition) is 2. The number of ether oxygens (including phenoxy) is 1. The van der Waals surface area contributed by atoms with Crippen LogP contribution in [0.1, 0.15) is 42.9 Å². The molecule has 0 aliphatic rings. The summed E-state index contributed by atoms with van der Waals surface area (Å²) in [5.74, 6) is -2.14. The maximum atomic E-state index is 13.3. The van der Waals surface area contributed by atoms with Gasteiger partial charge in [0.2, 0.25) is 0 Å². The molecule has 1 aromatic carbocycles. The minimum atomic E-state index is -0.582. The third kappa shape index (κ3) is 4.03. The minimum Gasteiger partial charge on any atom is -0.462 e. The molecule has 2 N–H and O–H groups in total. The van der Waals surface area contributed by atoms with E-state index >= 15 is 0 Å². The van der Waals surface area contributed by atoms with Crippen LogP contribution in [0.2, 0.25) is 0 Å². The van der Waals surface area contributed by atoms with E-state index < -0.39 is 23.6 Å². The molecule has 0 saturated heterocycles. The van der Waals surface area contributed by atoms with Crippen molar-refractivity contribution in [3.63, 3.8) is 0 Å². The number of esters is 1. The predicted molar refractivity (Wildman–Crippen MR) is 92.8 cm³/mol. The number of thiophene rings is 1. The summed E-state index contributed by atoms with van der Waals surface area (Å²) in [6.07, 6.45) is 0. The number of rotatable bonds is 5. The van der Waals surface area contributed by atoms with Crippen molar-refractivity contribution in [1.82, 2.24) is 5.32 Å². The summed E-state index contributed by atoms with van der Waals surface area (Å²) in [5.41, 5.74) is 0.698. The maximum Gasteiger partial charge on any atom is 0.348 e. The molecule has 0 unspecified atom stereocenters. The molecule has 1 heterocycles. The van der Waals surface area contributed by atoms with E-state index in [0.717, 1.165) is 17.4 Å². The van der Waals surface area contributed by atoms with Gasteiger partial charge in [0.15, 0.2) is 0 Å². The van der Waals surface area contributed by atoms with Crippen LogP contribution < -0.4 is 10.6 Å². The molecule has 0 atom stereocenters. The first-order valence-electron chi connectivity index (χ1n) is 7.48. The highest BCUT2D eigenvalue weighted by Crippen LogP contribution is 2.34. The molecule has 0 aliphatic carbocycles. The van der Waals surface area contributed by atoms with E-state index in [1.165, 1.54) is 25.2 Å². The molecule has 2 rings (SSSR count). The standard InChI is InChI=1S/C17H17FN2O4S/c1-4-24-17(23)13-9(2)12(15(22)19-3)16(25-13)20-14(21)10-6-5-7-11(18)8-10/h5-8H,4H2,1-3H3,(H,19,22)(H,20,21). The van der Waals surface area contributed by atoms with Crippen molar-refractivity contribution in [2.45, 2.75) is 13.8 Å². The third-order valence-electron chi connectivity index (χ3n) is 3.38. The number of nitrogens with one attached hydrogen (secondary N) is 2. The zero-order valence-corrected chi connectivity index (χ0v) is 14.8. The number of hydrogen-bond acceptors (Lipinski definition) is 5. The van der Waals surface area contributed by atoms with E-state index in [1.807, 2.05) is 0 Å². The lowest BCUT2D eigenvalue weighted by atomic mass is 10.1. The van der Waals surface area contributed by atoms with E-state index in [1.54, 1.807) is 13.8 Å². The lowest BCUT2D eigenvalue weighted by molar-refractivity contribution is 0.0531. The topological polar surface area (TPSA) is 84.5 Å². The molecule has 2 amide bonds.